The standard InChI is InChI=1S/C27H20N2O4/c30-26(19-12-14-21(15-13-19)28-27(31)23-11-6-16-32-23)29-25(18-7-2-1-3-8-18)24-17-20-9-4-5-10-22(20)33-24/h1-17,25H,(H,28,31)(H,29,30). The number of para-hydroxylation sites is 1. The highest BCUT2D eigenvalue weighted by molar-refractivity contribution is 6.02. The molecule has 162 valence electrons. The number of benzene rings is 3. The Morgan fingerprint density at radius 2 is 1.52 bits per heavy atom. The summed E-state index contributed by atoms with van der Waals surface area (Å²) in [6.07, 6.45) is 1.44. The van der Waals surface area contributed by atoms with Crippen LogP contribution in [0.4, 0.5) is 5.69 Å². The number of nitrogens with one attached hydrogen (secondary N) is 2. The molecule has 2 N–H and O–H groups in total. The molecular formula is C27H20N2O4. The summed E-state index contributed by atoms with van der Waals surface area (Å²) in [5.74, 6) is 0.255. The molecule has 6 nitrogen and oxygen atoms in total. The summed E-state index contributed by atoms with van der Waals surface area (Å²) in [6, 6.07) is 28.8. The number of rotatable bonds is 6. The molecule has 5 aromatic rings. The minimum atomic E-state index is -0.454. The van der Waals surface area contributed by atoms with Gasteiger partial charge in [0.2, 0.25) is 0 Å². The molecule has 0 saturated heterocycles. The molecule has 0 radical (unpaired) electrons. The first kappa shape index (κ1) is 20.3. The van der Waals surface area contributed by atoms with Gasteiger partial charge in [0.1, 0.15) is 17.4 Å². The van der Waals surface area contributed by atoms with Crippen molar-refractivity contribution in [3.63, 3.8) is 0 Å². The molecule has 0 saturated carbocycles. The van der Waals surface area contributed by atoms with Gasteiger partial charge in [0.05, 0.1) is 6.26 Å². The maximum atomic E-state index is 13.1. The molecule has 2 amide bonds. The van der Waals surface area contributed by atoms with Gasteiger partial charge in [-0.15, -0.1) is 0 Å². The van der Waals surface area contributed by atoms with E-state index in [2.05, 4.69) is 10.6 Å². The lowest BCUT2D eigenvalue weighted by Gasteiger charge is -2.17. The molecule has 2 heterocycles. The molecule has 1 atom stereocenters. The fourth-order valence-corrected chi connectivity index (χ4v) is 3.63. The highest BCUT2D eigenvalue weighted by Gasteiger charge is 2.21. The molecule has 33 heavy (non-hydrogen) atoms. The molecule has 1 unspecified atom stereocenters. The van der Waals surface area contributed by atoms with Crippen LogP contribution in [0.3, 0.4) is 0 Å². The van der Waals surface area contributed by atoms with Crippen LogP contribution < -0.4 is 10.6 Å². The third kappa shape index (κ3) is 4.41. The third-order valence-electron chi connectivity index (χ3n) is 5.29. The largest absolute Gasteiger partial charge is 0.459 e. The number of hydrogen-bond acceptors (Lipinski definition) is 4. The van der Waals surface area contributed by atoms with Gasteiger partial charge in [-0.2, -0.15) is 0 Å². The van der Waals surface area contributed by atoms with Gasteiger partial charge >= 0.3 is 0 Å². The topological polar surface area (TPSA) is 84.5 Å². The highest BCUT2D eigenvalue weighted by atomic mass is 16.3. The zero-order valence-electron chi connectivity index (χ0n) is 17.5. The van der Waals surface area contributed by atoms with Crippen molar-refractivity contribution in [1.29, 1.82) is 0 Å². The van der Waals surface area contributed by atoms with Crippen LogP contribution in [-0.4, -0.2) is 11.8 Å². The average molecular weight is 436 g/mol. The van der Waals surface area contributed by atoms with Crippen LogP contribution in [0.15, 0.2) is 112 Å². The van der Waals surface area contributed by atoms with Crippen molar-refractivity contribution < 1.29 is 18.4 Å². The smallest absolute Gasteiger partial charge is 0.291 e. The summed E-state index contributed by atoms with van der Waals surface area (Å²) in [5.41, 5.74) is 2.69. The van der Waals surface area contributed by atoms with Crippen molar-refractivity contribution in [2.45, 2.75) is 6.04 Å². The zero-order chi connectivity index (χ0) is 22.6. The Morgan fingerprint density at radius 3 is 2.24 bits per heavy atom. The van der Waals surface area contributed by atoms with Gasteiger partial charge in [0.25, 0.3) is 11.8 Å². The SMILES string of the molecule is O=C(NC(c1ccccc1)c1cc2ccccc2o1)c1ccc(NC(=O)c2ccco2)cc1. The minimum absolute atomic E-state index is 0.216. The number of fused-ring (bicyclic) bond motifs is 1. The number of carbonyl (C=O) groups is 2. The molecule has 3 aromatic carbocycles. The van der Waals surface area contributed by atoms with Crippen molar-refractivity contribution in [3.05, 3.63) is 126 Å². The van der Waals surface area contributed by atoms with E-state index in [0.717, 1.165) is 16.5 Å². The third-order valence-corrected chi connectivity index (χ3v) is 5.29. The zero-order valence-corrected chi connectivity index (χ0v) is 17.5. The lowest BCUT2D eigenvalue weighted by molar-refractivity contribution is 0.0938. The van der Waals surface area contributed by atoms with Gasteiger partial charge in [-0.1, -0.05) is 48.5 Å². The second-order valence-corrected chi connectivity index (χ2v) is 7.51. The summed E-state index contributed by atoms with van der Waals surface area (Å²) < 4.78 is 11.1. The average Bonchev–Trinajstić information content (AvgIpc) is 3.53. The molecule has 5 rings (SSSR count). The summed E-state index contributed by atoms with van der Waals surface area (Å²) in [4.78, 5) is 25.2. The molecule has 0 aliphatic heterocycles. The number of anilines is 1. The monoisotopic (exact) mass is 436 g/mol. The minimum Gasteiger partial charge on any atom is -0.459 e. The van der Waals surface area contributed by atoms with Crippen LogP contribution in [0.2, 0.25) is 0 Å². The molecule has 0 bridgehead atoms. The van der Waals surface area contributed by atoms with E-state index in [9.17, 15) is 9.59 Å². The van der Waals surface area contributed by atoms with Crippen molar-refractivity contribution >= 4 is 28.5 Å². The number of furan rings is 2. The quantitative estimate of drug-likeness (QED) is 0.352. The van der Waals surface area contributed by atoms with Gasteiger partial charge in [-0.3, -0.25) is 9.59 Å². The van der Waals surface area contributed by atoms with Crippen molar-refractivity contribution in [3.8, 4) is 0 Å². The van der Waals surface area contributed by atoms with E-state index in [-0.39, 0.29) is 17.6 Å². The van der Waals surface area contributed by atoms with E-state index in [0.29, 0.717) is 17.0 Å². The van der Waals surface area contributed by atoms with Gasteiger partial charge < -0.3 is 19.5 Å². The first-order valence-electron chi connectivity index (χ1n) is 10.5. The second kappa shape index (κ2) is 8.88. The normalized spacial score (nSPS) is 11.8. The lowest BCUT2D eigenvalue weighted by Crippen LogP contribution is -2.29. The highest BCUT2D eigenvalue weighted by Crippen LogP contribution is 2.28. The summed E-state index contributed by atoms with van der Waals surface area (Å²) in [5, 5.41) is 6.78. The first-order valence-corrected chi connectivity index (χ1v) is 10.5. The summed E-state index contributed by atoms with van der Waals surface area (Å²) >= 11 is 0. The van der Waals surface area contributed by atoms with Crippen LogP contribution in [-0.2, 0) is 0 Å². The molecule has 2 aromatic heterocycles. The van der Waals surface area contributed by atoms with Crippen molar-refractivity contribution in [1.82, 2.24) is 5.32 Å². The first-order chi connectivity index (χ1) is 16.2. The molecule has 0 fully saturated rings. The van der Waals surface area contributed by atoms with E-state index < -0.39 is 6.04 Å². The Labute approximate surface area is 189 Å². The molecule has 0 spiro atoms. The molecular weight excluding hydrogens is 416 g/mol. The Hall–Kier alpha value is -4.58. The van der Waals surface area contributed by atoms with Gasteiger partial charge in [-0.05, 0) is 54.1 Å². The van der Waals surface area contributed by atoms with E-state index in [1.165, 1.54) is 6.26 Å². The maximum Gasteiger partial charge on any atom is 0.291 e. The summed E-state index contributed by atoms with van der Waals surface area (Å²) in [6.45, 7) is 0. The summed E-state index contributed by atoms with van der Waals surface area (Å²) in [7, 11) is 0. The van der Waals surface area contributed by atoms with Crippen LogP contribution in [0.25, 0.3) is 11.0 Å². The van der Waals surface area contributed by atoms with Crippen molar-refractivity contribution in [2.75, 3.05) is 5.32 Å². The van der Waals surface area contributed by atoms with Gasteiger partial charge in [-0.25, -0.2) is 0 Å². The van der Waals surface area contributed by atoms with Crippen LogP contribution in [0.1, 0.15) is 38.3 Å². The van der Waals surface area contributed by atoms with Gasteiger partial charge in [0, 0.05) is 16.6 Å². The Kier molecular flexibility index (Phi) is 5.47. The van der Waals surface area contributed by atoms with E-state index in [1.807, 2.05) is 60.7 Å². The van der Waals surface area contributed by atoms with Gasteiger partial charge in [0.15, 0.2) is 5.76 Å². The van der Waals surface area contributed by atoms with E-state index >= 15 is 0 Å². The van der Waals surface area contributed by atoms with Crippen molar-refractivity contribution in [2.24, 2.45) is 0 Å². The lowest BCUT2D eigenvalue weighted by atomic mass is 10.0. The second-order valence-electron chi connectivity index (χ2n) is 7.51. The number of amides is 2. The Balaban J connectivity index is 1.36. The maximum absolute atomic E-state index is 13.1. The molecule has 0 aliphatic rings. The van der Waals surface area contributed by atoms with Crippen LogP contribution in [0, 0.1) is 0 Å². The number of hydrogen-bond donors (Lipinski definition) is 2. The predicted octanol–water partition coefficient (Wildman–Crippen LogP) is 5.80. The fraction of sp³-hybridized carbons (Fsp3) is 0.0370. The Morgan fingerprint density at radius 1 is 0.758 bits per heavy atom. The predicted molar refractivity (Wildman–Crippen MR) is 125 cm³/mol. The van der Waals surface area contributed by atoms with E-state index in [1.54, 1.807) is 36.4 Å². The molecule has 0 aliphatic carbocycles. The van der Waals surface area contributed by atoms with Crippen LogP contribution >= 0.6 is 0 Å². The number of carbonyl (C=O) groups excluding carboxylic acids is 2. The molecule has 6 heteroatoms. The van der Waals surface area contributed by atoms with Crippen LogP contribution in [0.5, 0.6) is 0 Å². The fourth-order valence-electron chi connectivity index (χ4n) is 3.63. The Bertz CT molecular complexity index is 1350. The van der Waals surface area contributed by atoms with E-state index in [4.69, 9.17) is 8.83 Å².